The molecular weight excluding hydrogens is 426 g/mol. The van der Waals surface area contributed by atoms with Crippen LogP contribution >= 0.6 is 0 Å². The summed E-state index contributed by atoms with van der Waals surface area (Å²) in [7, 11) is 1.53. The molecule has 0 atom stereocenters. The molecule has 0 radical (unpaired) electrons. The minimum Gasteiger partial charge on any atom is -0.318 e. The van der Waals surface area contributed by atoms with Crippen LogP contribution < -0.4 is 5.56 Å². The highest BCUT2D eigenvalue weighted by Crippen LogP contribution is 2.33. The number of aryl methyl sites for hydroxylation is 1. The molecule has 0 N–H and O–H groups in total. The van der Waals surface area contributed by atoms with Gasteiger partial charge in [0, 0.05) is 48.4 Å². The van der Waals surface area contributed by atoms with E-state index in [0.717, 1.165) is 18.3 Å². The van der Waals surface area contributed by atoms with Crippen LogP contribution in [0.4, 0.5) is 17.6 Å². The van der Waals surface area contributed by atoms with Crippen LogP contribution in [0.25, 0.3) is 27.9 Å². The fourth-order valence-electron chi connectivity index (χ4n) is 3.23. The van der Waals surface area contributed by atoms with Crippen LogP contribution in [-0.2, 0) is 13.2 Å². The summed E-state index contributed by atoms with van der Waals surface area (Å²) < 4.78 is 55.2. The molecule has 32 heavy (non-hydrogen) atoms. The van der Waals surface area contributed by atoms with Crippen LogP contribution in [0.5, 0.6) is 0 Å². The number of pyridine rings is 2. The van der Waals surface area contributed by atoms with Gasteiger partial charge in [-0.2, -0.15) is 23.5 Å². The lowest BCUT2D eigenvalue weighted by molar-refractivity contribution is -0.141. The average Bonchev–Trinajstić information content (AvgIpc) is 3.24. The van der Waals surface area contributed by atoms with Crippen molar-refractivity contribution in [2.24, 2.45) is 7.05 Å². The van der Waals surface area contributed by atoms with Crippen molar-refractivity contribution in [1.29, 1.82) is 5.26 Å². The number of hydrogen-bond donors (Lipinski definition) is 0. The molecule has 10 heteroatoms. The molecular formula is C22H13F4N5O. The summed E-state index contributed by atoms with van der Waals surface area (Å²) in [4.78, 5) is 15.7. The van der Waals surface area contributed by atoms with Crippen molar-refractivity contribution in [3.05, 3.63) is 88.6 Å². The summed E-state index contributed by atoms with van der Waals surface area (Å²) in [5.74, 6) is -0.694. The van der Waals surface area contributed by atoms with E-state index in [4.69, 9.17) is 0 Å². The van der Waals surface area contributed by atoms with E-state index in [0.29, 0.717) is 22.3 Å². The van der Waals surface area contributed by atoms with Gasteiger partial charge in [-0.25, -0.2) is 9.07 Å². The Balaban J connectivity index is 1.84. The summed E-state index contributed by atoms with van der Waals surface area (Å²) in [6, 6.07) is 9.30. The zero-order valence-corrected chi connectivity index (χ0v) is 16.4. The van der Waals surface area contributed by atoms with Gasteiger partial charge < -0.3 is 4.57 Å². The first-order chi connectivity index (χ1) is 15.2. The van der Waals surface area contributed by atoms with Crippen LogP contribution in [-0.4, -0.2) is 19.3 Å². The summed E-state index contributed by atoms with van der Waals surface area (Å²) >= 11 is 0. The molecule has 0 spiro atoms. The van der Waals surface area contributed by atoms with Gasteiger partial charge >= 0.3 is 6.18 Å². The Morgan fingerprint density at radius 3 is 2.47 bits per heavy atom. The van der Waals surface area contributed by atoms with Gasteiger partial charge in [-0.05, 0) is 23.8 Å². The third-order valence-corrected chi connectivity index (χ3v) is 4.84. The Kier molecular flexibility index (Phi) is 5.10. The topological polar surface area (TPSA) is 76.5 Å². The molecule has 0 aliphatic heterocycles. The fraction of sp³-hybridized carbons (Fsp3) is 0.0909. The third-order valence-electron chi connectivity index (χ3n) is 4.84. The maximum atomic E-state index is 14.0. The second-order valence-corrected chi connectivity index (χ2v) is 6.90. The van der Waals surface area contributed by atoms with Crippen molar-refractivity contribution in [1.82, 2.24) is 19.3 Å². The molecule has 6 nitrogen and oxygen atoms in total. The van der Waals surface area contributed by atoms with Crippen molar-refractivity contribution in [2.45, 2.75) is 6.18 Å². The predicted molar refractivity (Wildman–Crippen MR) is 107 cm³/mol. The Morgan fingerprint density at radius 2 is 1.81 bits per heavy atom. The standard InChI is InChI=1S/C22H13F4N5O/c1-30-12-17(14-10-29-31(11-14)19-4-2-3-18(23)16(19)8-27)15(7-21(30)32)13-5-6-20(28-9-13)22(24,25)26/h2-7,9-12H,1H3. The highest BCUT2D eigenvalue weighted by atomic mass is 19.4. The monoisotopic (exact) mass is 439 g/mol. The van der Waals surface area contributed by atoms with Crippen molar-refractivity contribution in [3.63, 3.8) is 0 Å². The number of aromatic nitrogens is 4. The zero-order valence-electron chi connectivity index (χ0n) is 16.4. The zero-order chi connectivity index (χ0) is 23.0. The predicted octanol–water partition coefficient (Wildman–Crippen LogP) is 4.33. The average molecular weight is 439 g/mol. The van der Waals surface area contributed by atoms with Crippen LogP contribution in [0.15, 0.2) is 66.0 Å². The smallest absolute Gasteiger partial charge is 0.318 e. The quantitative estimate of drug-likeness (QED) is 0.446. The van der Waals surface area contributed by atoms with Crippen LogP contribution in [0.1, 0.15) is 11.3 Å². The molecule has 0 saturated heterocycles. The van der Waals surface area contributed by atoms with E-state index in [1.54, 1.807) is 6.07 Å². The summed E-state index contributed by atoms with van der Waals surface area (Å²) in [5, 5.41) is 13.5. The normalized spacial score (nSPS) is 11.4. The highest BCUT2D eigenvalue weighted by Gasteiger charge is 2.32. The molecule has 0 aliphatic carbocycles. The molecule has 0 unspecified atom stereocenters. The second-order valence-electron chi connectivity index (χ2n) is 6.90. The molecule has 4 rings (SSSR count). The van der Waals surface area contributed by atoms with E-state index in [2.05, 4.69) is 10.1 Å². The summed E-state index contributed by atoms with van der Waals surface area (Å²) in [6.07, 6.45) is 0.974. The van der Waals surface area contributed by atoms with Crippen molar-refractivity contribution < 1.29 is 17.6 Å². The lowest BCUT2D eigenvalue weighted by Gasteiger charge is -2.11. The lowest BCUT2D eigenvalue weighted by Crippen LogP contribution is -2.15. The van der Waals surface area contributed by atoms with Gasteiger partial charge in [0.2, 0.25) is 0 Å². The summed E-state index contributed by atoms with van der Waals surface area (Å²) in [5.41, 5.74) is 0.285. The Hall–Kier alpha value is -4.26. The van der Waals surface area contributed by atoms with Crippen LogP contribution in [0, 0.1) is 17.1 Å². The molecule has 160 valence electrons. The maximum Gasteiger partial charge on any atom is 0.433 e. The van der Waals surface area contributed by atoms with E-state index < -0.39 is 17.7 Å². The number of nitriles is 1. The molecule has 0 fully saturated rings. The highest BCUT2D eigenvalue weighted by molar-refractivity contribution is 5.82. The number of halogens is 4. The van der Waals surface area contributed by atoms with Gasteiger partial charge in [0.25, 0.3) is 5.56 Å². The van der Waals surface area contributed by atoms with Gasteiger partial charge in [-0.3, -0.25) is 9.78 Å². The van der Waals surface area contributed by atoms with Crippen LogP contribution in [0.3, 0.4) is 0 Å². The molecule has 0 amide bonds. The number of rotatable bonds is 3. The summed E-state index contributed by atoms with van der Waals surface area (Å²) in [6.45, 7) is 0. The second kappa shape index (κ2) is 7.77. The number of benzene rings is 1. The van der Waals surface area contributed by atoms with Gasteiger partial charge in [0.1, 0.15) is 23.1 Å². The van der Waals surface area contributed by atoms with Gasteiger partial charge in [0.15, 0.2) is 0 Å². The van der Waals surface area contributed by atoms with E-state index in [1.165, 1.54) is 59.2 Å². The van der Waals surface area contributed by atoms with Crippen molar-refractivity contribution in [3.8, 4) is 34.0 Å². The Morgan fingerprint density at radius 1 is 1.03 bits per heavy atom. The first-order valence-corrected chi connectivity index (χ1v) is 9.17. The van der Waals surface area contributed by atoms with E-state index in [-0.39, 0.29) is 16.8 Å². The molecule has 0 saturated carbocycles. The SMILES string of the molecule is Cn1cc(-c2cnn(-c3cccc(F)c3C#N)c2)c(-c2ccc(C(F)(F)F)nc2)cc1=O. The number of nitrogens with zero attached hydrogens (tertiary/aromatic N) is 5. The first kappa shape index (κ1) is 21.0. The Bertz CT molecular complexity index is 1410. The molecule has 0 bridgehead atoms. The third kappa shape index (κ3) is 3.76. The fourth-order valence-corrected chi connectivity index (χ4v) is 3.23. The molecule has 3 aromatic heterocycles. The van der Waals surface area contributed by atoms with E-state index in [1.807, 2.05) is 0 Å². The molecule has 1 aromatic carbocycles. The van der Waals surface area contributed by atoms with Crippen molar-refractivity contribution >= 4 is 0 Å². The Labute approximate surface area is 178 Å². The number of alkyl halides is 3. The largest absolute Gasteiger partial charge is 0.433 e. The van der Waals surface area contributed by atoms with Gasteiger partial charge in [0.05, 0.1) is 11.9 Å². The molecule has 4 aromatic rings. The maximum absolute atomic E-state index is 14.0. The van der Waals surface area contributed by atoms with E-state index >= 15 is 0 Å². The first-order valence-electron chi connectivity index (χ1n) is 9.17. The lowest BCUT2D eigenvalue weighted by atomic mass is 9.99. The van der Waals surface area contributed by atoms with Crippen LogP contribution in [0.2, 0.25) is 0 Å². The van der Waals surface area contributed by atoms with Gasteiger partial charge in [-0.15, -0.1) is 0 Å². The molecule has 0 aliphatic rings. The molecule has 3 heterocycles. The van der Waals surface area contributed by atoms with E-state index in [9.17, 15) is 27.6 Å². The minimum atomic E-state index is -4.58. The minimum absolute atomic E-state index is 0.185. The van der Waals surface area contributed by atoms with Gasteiger partial charge in [-0.1, -0.05) is 12.1 Å². The van der Waals surface area contributed by atoms with Crippen molar-refractivity contribution in [2.75, 3.05) is 0 Å². The number of hydrogen-bond acceptors (Lipinski definition) is 4.